The Hall–Kier alpha value is -1.56. The first-order valence-electron chi connectivity index (χ1n) is 5.67. The maximum atomic E-state index is 3.73. The van der Waals surface area contributed by atoms with Crippen LogP contribution in [0.2, 0.25) is 0 Å². The second kappa shape index (κ2) is 9.97. The van der Waals surface area contributed by atoms with Gasteiger partial charge >= 0.3 is 0 Å². The van der Waals surface area contributed by atoms with Crippen molar-refractivity contribution < 1.29 is 0 Å². The quantitative estimate of drug-likeness (QED) is 0.514. The number of hydrogen-bond donors (Lipinski definition) is 0. The van der Waals surface area contributed by atoms with E-state index in [1.165, 1.54) is 11.1 Å². The fraction of sp³-hybridized carbons (Fsp3) is 0.250. The Morgan fingerprint density at radius 1 is 0.938 bits per heavy atom. The van der Waals surface area contributed by atoms with Gasteiger partial charge in [-0.25, -0.2) is 0 Å². The monoisotopic (exact) mass is 214 g/mol. The smallest absolute Gasteiger partial charge is 0.0238 e. The van der Waals surface area contributed by atoms with Gasteiger partial charge in [0.1, 0.15) is 0 Å². The van der Waals surface area contributed by atoms with Crippen molar-refractivity contribution in [3.05, 3.63) is 72.9 Å². The molecule has 0 aliphatic rings. The lowest BCUT2D eigenvalue weighted by Crippen LogP contribution is -1.83. The molecule has 0 saturated carbocycles. The Morgan fingerprint density at radius 3 is 2.12 bits per heavy atom. The summed E-state index contributed by atoms with van der Waals surface area (Å²) < 4.78 is 0. The highest BCUT2D eigenvalue weighted by Crippen LogP contribution is 2.14. The molecule has 0 aromatic carbocycles. The van der Waals surface area contributed by atoms with Gasteiger partial charge in [0.15, 0.2) is 0 Å². The largest absolute Gasteiger partial charge is 0.0991 e. The van der Waals surface area contributed by atoms with Gasteiger partial charge < -0.3 is 0 Å². The molecule has 0 unspecified atom stereocenters. The molecular weight excluding hydrogens is 192 g/mol. The van der Waals surface area contributed by atoms with E-state index in [2.05, 4.69) is 44.4 Å². The summed E-state index contributed by atoms with van der Waals surface area (Å²) in [6, 6.07) is 0. The van der Waals surface area contributed by atoms with Crippen molar-refractivity contribution in [1.82, 2.24) is 0 Å². The molecule has 16 heavy (non-hydrogen) atoms. The molecule has 0 saturated heterocycles. The van der Waals surface area contributed by atoms with Gasteiger partial charge in [0.2, 0.25) is 0 Å². The van der Waals surface area contributed by atoms with Crippen LogP contribution >= 0.6 is 0 Å². The van der Waals surface area contributed by atoms with Crippen molar-refractivity contribution in [2.45, 2.75) is 26.7 Å². The van der Waals surface area contributed by atoms with Crippen molar-refractivity contribution in [3.8, 4) is 0 Å². The Bertz CT molecular complexity index is 322. The molecule has 0 aromatic rings. The SMILES string of the molecule is C=C/C=C\C(=C/C=C)CCC(/C=C\C)=C/C. The fourth-order valence-electron chi connectivity index (χ4n) is 1.39. The first-order valence-corrected chi connectivity index (χ1v) is 5.67. The normalized spacial score (nSPS) is 13.6. The molecule has 0 heteroatoms. The summed E-state index contributed by atoms with van der Waals surface area (Å²) in [6.45, 7) is 11.5. The van der Waals surface area contributed by atoms with Crippen LogP contribution in [0, 0.1) is 0 Å². The van der Waals surface area contributed by atoms with Gasteiger partial charge in [-0.15, -0.1) is 0 Å². The van der Waals surface area contributed by atoms with E-state index in [9.17, 15) is 0 Å². The second-order valence-electron chi connectivity index (χ2n) is 3.44. The molecule has 0 bridgehead atoms. The van der Waals surface area contributed by atoms with Gasteiger partial charge in [-0.1, -0.05) is 67.3 Å². The van der Waals surface area contributed by atoms with Crippen molar-refractivity contribution in [1.29, 1.82) is 0 Å². The molecule has 0 nitrogen and oxygen atoms in total. The van der Waals surface area contributed by atoms with Crippen molar-refractivity contribution in [2.75, 3.05) is 0 Å². The number of rotatable bonds is 7. The van der Waals surface area contributed by atoms with Gasteiger partial charge in [0.05, 0.1) is 0 Å². The number of hydrogen-bond acceptors (Lipinski definition) is 0. The highest BCUT2D eigenvalue weighted by atomic mass is 14.0. The third kappa shape index (κ3) is 6.83. The van der Waals surface area contributed by atoms with E-state index in [0.29, 0.717) is 0 Å². The molecule has 86 valence electrons. The van der Waals surface area contributed by atoms with E-state index in [0.717, 1.165) is 12.8 Å². The Morgan fingerprint density at radius 2 is 1.62 bits per heavy atom. The standard InChI is InChI=1S/C16H22/c1-5-9-12-16(11-7-3)14-13-15(8-4)10-6-2/h5-12H,1,3,13-14H2,2,4H3/b10-6-,12-9-,15-8+,16-11+. The zero-order valence-electron chi connectivity index (χ0n) is 10.4. The van der Waals surface area contributed by atoms with E-state index < -0.39 is 0 Å². The molecule has 0 amide bonds. The van der Waals surface area contributed by atoms with Crippen LogP contribution in [-0.2, 0) is 0 Å². The van der Waals surface area contributed by atoms with Crippen LogP contribution < -0.4 is 0 Å². The Balaban J connectivity index is 4.43. The molecule has 0 aliphatic carbocycles. The van der Waals surface area contributed by atoms with Gasteiger partial charge in [0, 0.05) is 0 Å². The minimum atomic E-state index is 1.03. The summed E-state index contributed by atoms with van der Waals surface area (Å²) in [5, 5.41) is 0. The average Bonchev–Trinajstić information content (AvgIpc) is 2.30. The minimum absolute atomic E-state index is 1.03. The van der Waals surface area contributed by atoms with E-state index in [-0.39, 0.29) is 0 Å². The van der Waals surface area contributed by atoms with Crippen LogP contribution in [-0.4, -0.2) is 0 Å². The van der Waals surface area contributed by atoms with E-state index in [4.69, 9.17) is 0 Å². The van der Waals surface area contributed by atoms with Crippen molar-refractivity contribution >= 4 is 0 Å². The lowest BCUT2D eigenvalue weighted by molar-refractivity contribution is 0.967. The van der Waals surface area contributed by atoms with Crippen LogP contribution in [0.5, 0.6) is 0 Å². The topological polar surface area (TPSA) is 0 Å². The molecule has 0 aromatic heterocycles. The maximum Gasteiger partial charge on any atom is -0.0238 e. The van der Waals surface area contributed by atoms with Crippen LogP contribution in [0.15, 0.2) is 72.9 Å². The van der Waals surface area contributed by atoms with Gasteiger partial charge in [-0.3, -0.25) is 0 Å². The molecule has 0 fully saturated rings. The number of allylic oxidation sites excluding steroid dienone is 10. The summed E-state index contributed by atoms with van der Waals surface area (Å²) in [5.74, 6) is 0. The first-order chi connectivity index (χ1) is 7.78. The molecule has 0 atom stereocenters. The third-order valence-electron chi connectivity index (χ3n) is 2.23. The van der Waals surface area contributed by atoms with Crippen molar-refractivity contribution in [3.63, 3.8) is 0 Å². The summed E-state index contributed by atoms with van der Waals surface area (Å²) in [7, 11) is 0. The molecule has 0 spiro atoms. The van der Waals surface area contributed by atoms with Crippen LogP contribution in [0.25, 0.3) is 0 Å². The maximum absolute atomic E-state index is 3.73. The molecule has 0 rings (SSSR count). The van der Waals surface area contributed by atoms with Gasteiger partial charge in [-0.05, 0) is 32.3 Å². The summed E-state index contributed by atoms with van der Waals surface area (Å²) >= 11 is 0. The minimum Gasteiger partial charge on any atom is -0.0991 e. The van der Waals surface area contributed by atoms with Crippen LogP contribution in [0.1, 0.15) is 26.7 Å². The molecule has 0 aliphatic heterocycles. The second-order valence-corrected chi connectivity index (χ2v) is 3.44. The zero-order valence-corrected chi connectivity index (χ0v) is 10.4. The summed E-state index contributed by atoms with van der Waals surface area (Å²) in [6.07, 6.45) is 18.2. The predicted octanol–water partition coefficient (Wildman–Crippen LogP) is 5.14. The van der Waals surface area contributed by atoms with Crippen molar-refractivity contribution in [2.24, 2.45) is 0 Å². The molecule has 0 radical (unpaired) electrons. The predicted molar refractivity (Wildman–Crippen MR) is 75.4 cm³/mol. The Kier molecular flexibility index (Phi) is 9.00. The first kappa shape index (κ1) is 14.4. The van der Waals surface area contributed by atoms with E-state index >= 15 is 0 Å². The van der Waals surface area contributed by atoms with Crippen LogP contribution in [0.3, 0.4) is 0 Å². The zero-order chi connectivity index (χ0) is 12.2. The molecule has 0 heterocycles. The summed E-state index contributed by atoms with van der Waals surface area (Å²) in [5.41, 5.74) is 2.64. The van der Waals surface area contributed by atoms with Crippen LogP contribution in [0.4, 0.5) is 0 Å². The third-order valence-corrected chi connectivity index (χ3v) is 2.23. The molecule has 0 N–H and O–H groups in total. The van der Waals surface area contributed by atoms with Gasteiger partial charge in [0.25, 0.3) is 0 Å². The lowest BCUT2D eigenvalue weighted by Gasteiger charge is -2.02. The van der Waals surface area contributed by atoms with E-state index in [1.807, 2.05) is 25.2 Å². The highest BCUT2D eigenvalue weighted by molar-refractivity contribution is 5.27. The summed E-state index contributed by atoms with van der Waals surface area (Å²) in [4.78, 5) is 0. The lowest BCUT2D eigenvalue weighted by atomic mass is 10.0. The highest BCUT2D eigenvalue weighted by Gasteiger charge is 1.94. The fourth-order valence-corrected chi connectivity index (χ4v) is 1.39. The van der Waals surface area contributed by atoms with E-state index in [1.54, 1.807) is 6.08 Å². The molecular formula is C16H22. The average molecular weight is 214 g/mol. The Labute approximate surface area is 100 Å². The van der Waals surface area contributed by atoms with Gasteiger partial charge in [-0.2, -0.15) is 0 Å².